The van der Waals surface area contributed by atoms with E-state index < -0.39 is 0 Å². The standard InChI is InChI=1S/C18H19N7OS2/c1-24(13-2-5-19-6-3-13)17-22-15-16(27-17)23-18(28-15)25-7-4-11(8-14(25)26)12-9-20-21-10-12/h4,7-10,13,19H,2-3,5-6H2,1H3,(H,20,21). The average molecular weight is 414 g/mol. The van der Waals surface area contributed by atoms with Gasteiger partial charge in [0.2, 0.25) is 0 Å². The predicted octanol–water partition coefficient (Wildman–Crippen LogP) is 2.48. The van der Waals surface area contributed by atoms with Crippen molar-refractivity contribution < 1.29 is 0 Å². The van der Waals surface area contributed by atoms with E-state index in [1.54, 1.807) is 40.6 Å². The summed E-state index contributed by atoms with van der Waals surface area (Å²) in [7, 11) is 2.11. The van der Waals surface area contributed by atoms with Crippen LogP contribution in [0.3, 0.4) is 0 Å². The highest BCUT2D eigenvalue weighted by atomic mass is 32.1. The fourth-order valence-corrected chi connectivity index (χ4v) is 5.51. The van der Waals surface area contributed by atoms with Crippen LogP contribution in [0.2, 0.25) is 0 Å². The van der Waals surface area contributed by atoms with Crippen molar-refractivity contribution in [3.8, 4) is 16.3 Å². The van der Waals surface area contributed by atoms with Crippen molar-refractivity contribution in [3.05, 3.63) is 41.1 Å². The minimum Gasteiger partial charge on any atom is -0.348 e. The van der Waals surface area contributed by atoms with Crippen molar-refractivity contribution in [1.29, 1.82) is 0 Å². The molecule has 1 aliphatic heterocycles. The Balaban J connectivity index is 1.43. The van der Waals surface area contributed by atoms with E-state index in [0.29, 0.717) is 11.2 Å². The van der Waals surface area contributed by atoms with Crippen LogP contribution in [0.25, 0.3) is 25.9 Å². The highest BCUT2D eigenvalue weighted by Crippen LogP contribution is 2.34. The first kappa shape index (κ1) is 17.5. The summed E-state index contributed by atoms with van der Waals surface area (Å²) < 4.78 is 1.57. The third-order valence-electron chi connectivity index (χ3n) is 5.07. The Morgan fingerprint density at radius 1 is 1.18 bits per heavy atom. The molecule has 144 valence electrons. The monoisotopic (exact) mass is 413 g/mol. The summed E-state index contributed by atoms with van der Waals surface area (Å²) in [4.78, 5) is 26.0. The average Bonchev–Trinajstić information content (AvgIpc) is 3.44. The Labute approximate surface area is 168 Å². The van der Waals surface area contributed by atoms with E-state index in [4.69, 9.17) is 4.98 Å². The molecular weight excluding hydrogens is 394 g/mol. The van der Waals surface area contributed by atoms with E-state index in [2.05, 4.69) is 32.4 Å². The number of anilines is 1. The molecule has 5 rings (SSSR count). The number of piperidine rings is 1. The summed E-state index contributed by atoms with van der Waals surface area (Å²) in [5.41, 5.74) is 1.60. The highest BCUT2D eigenvalue weighted by molar-refractivity contribution is 7.29. The van der Waals surface area contributed by atoms with Crippen LogP contribution in [0.5, 0.6) is 0 Å². The van der Waals surface area contributed by atoms with Crippen LogP contribution in [-0.2, 0) is 0 Å². The van der Waals surface area contributed by atoms with Gasteiger partial charge >= 0.3 is 0 Å². The van der Waals surface area contributed by atoms with Crippen LogP contribution in [-0.4, -0.2) is 50.9 Å². The number of nitrogens with zero attached hydrogens (tertiary/aromatic N) is 5. The first-order valence-corrected chi connectivity index (χ1v) is 10.8. The molecule has 1 fully saturated rings. The molecule has 0 aromatic carbocycles. The zero-order chi connectivity index (χ0) is 19.1. The lowest BCUT2D eigenvalue weighted by Crippen LogP contribution is -2.41. The number of aromatic amines is 1. The van der Waals surface area contributed by atoms with Crippen LogP contribution in [0.1, 0.15) is 12.8 Å². The Morgan fingerprint density at radius 3 is 2.71 bits per heavy atom. The number of fused-ring (bicyclic) bond motifs is 1. The first-order chi connectivity index (χ1) is 13.7. The van der Waals surface area contributed by atoms with Gasteiger partial charge in [-0.15, -0.1) is 0 Å². The third-order valence-corrected chi connectivity index (χ3v) is 7.19. The van der Waals surface area contributed by atoms with E-state index >= 15 is 0 Å². The molecule has 4 aromatic rings. The van der Waals surface area contributed by atoms with Gasteiger partial charge in [-0.2, -0.15) is 5.10 Å². The molecule has 10 heteroatoms. The first-order valence-electron chi connectivity index (χ1n) is 9.12. The normalized spacial score (nSPS) is 15.3. The summed E-state index contributed by atoms with van der Waals surface area (Å²) >= 11 is 3.03. The molecule has 0 spiro atoms. The van der Waals surface area contributed by atoms with E-state index in [9.17, 15) is 4.79 Å². The fourth-order valence-electron chi connectivity index (χ4n) is 3.45. The van der Waals surface area contributed by atoms with Crippen LogP contribution >= 0.6 is 22.7 Å². The number of H-pyrrole nitrogens is 1. The van der Waals surface area contributed by atoms with Crippen molar-refractivity contribution in [2.45, 2.75) is 18.9 Å². The summed E-state index contributed by atoms with van der Waals surface area (Å²) in [6, 6.07) is 4.01. The van der Waals surface area contributed by atoms with Crippen LogP contribution in [0.15, 0.2) is 35.5 Å². The van der Waals surface area contributed by atoms with Crippen LogP contribution < -0.4 is 15.8 Å². The molecule has 0 unspecified atom stereocenters. The zero-order valence-corrected chi connectivity index (χ0v) is 16.9. The lowest BCUT2D eigenvalue weighted by Gasteiger charge is -2.31. The fraction of sp³-hybridized carbons (Fsp3) is 0.333. The minimum atomic E-state index is -0.118. The Morgan fingerprint density at radius 2 is 2.00 bits per heavy atom. The Bertz CT molecular complexity index is 1120. The summed E-state index contributed by atoms with van der Waals surface area (Å²) in [6.45, 7) is 2.10. The van der Waals surface area contributed by atoms with Crippen molar-refractivity contribution in [1.82, 2.24) is 30.0 Å². The summed E-state index contributed by atoms with van der Waals surface area (Å²) in [5.74, 6) is 0. The molecule has 0 atom stereocenters. The van der Waals surface area contributed by atoms with Gasteiger partial charge in [0, 0.05) is 37.1 Å². The number of hydrogen-bond acceptors (Lipinski definition) is 8. The highest BCUT2D eigenvalue weighted by Gasteiger charge is 2.22. The molecular formula is C18H19N7OS2. The third kappa shape index (κ3) is 3.13. The molecule has 0 saturated carbocycles. The van der Waals surface area contributed by atoms with Gasteiger partial charge in [0.05, 0.1) is 6.20 Å². The predicted molar refractivity (Wildman–Crippen MR) is 113 cm³/mol. The number of thiazole rings is 2. The van der Waals surface area contributed by atoms with E-state index in [1.807, 2.05) is 6.07 Å². The maximum atomic E-state index is 12.6. The zero-order valence-electron chi connectivity index (χ0n) is 15.3. The lowest BCUT2D eigenvalue weighted by molar-refractivity contribution is 0.443. The molecule has 0 radical (unpaired) electrons. The van der Waals surface area contributed by atoms with Gasteiger partial charge in [0.25, 0.3) is 5.56 Å². The van der Waals surface area contributed by atoms with Gasteiger partial charge in [-0.25, -0.2) is 9.97 Å². The van der Waals surface area contributed by atoms with E-state index in [1.165, 1.54) is 11.3 Å². The summed E-state index contributed by atoms with van der Waals surface area (Å²) in [5, 5.41) is 11.7. The van der Waals surface area contributed by atoms with Gasteiger partial charge in [0.15, 0.2) is 19.9 Å². The Kier molecular flexibility index (Phi) is 4.46. The van der Waals surface area contributed by atoms with Gasteiger partial charge in [-0.1, -0.05) is 22.7 Å². The molecule has 0 aliphatic carbocycles. The molecule has 0 bridgehead atoms. The second-order valence-electron chi connectivity index (χ2n) is 6.81. The van der Waals surface area contributed by atoms with Crippen LogP contribution in [0, 0.1) is 0 Å². The number of aromatic nitrogens is 5. The van der Waals surface area contributed by atoms with Crippen molar-refractivity contribution in [2.24, 2.45) is 0 Å². The number of rotatable bonds is 4. The molecule has 5 heterocycles. The van der Waals surface area contributed by atoms with Gasteiger partial charge in [-0.3, -0.25) is 14.5 Å². The van der Waals surface area contributed by atoms with Gasteiger partial charge in [0.1, 0.15) is 0 Å². The summed E-state index contributed by atoms with van der Waals surface area (Å²) in [6.07, 6.45) is 7.47. The molecule has 1 aliphatic rings. The van der Waals surface area contributed by atoms with Crippen molar-refractivity contribution >= 4 is 37.5 Å². The molecule has 28 heavy (non-hydrogen) atoms. The molecule has 1 saturated heterocycles. The molecule has 0 amide bonds. The minimum absolute atomic E-state index is 0.118. The number of hydrogen-bond donors (Lipinski definition) is 2. The van der Waals surface area contributed by atoms with Gasteiger partial charge in [-0.05, 0) is 37.6 Å². The topological polar surface area (TPSA) is 91.7 Å². The van der Waals surface area contributed by atoms with E-state index in [0.717, 1.165) is 51.9 Å². The lowest BCUT2D eigenvalue weighted by atomic mass is 10.1. The maximum Gasteiger partial charge on any atom is 0.257 e. The number of pyridine rings is 1. The largest absolute Gasteiger partial charge is 0.348 e. The molecule has 4 aromatic heterocycles. The van der Waals surface area contributed by atoms with Crippen molar-refractivity contribution in [3.63, 3.8) is 0 Å². The van der Waals surface area contributed by atoms with Crippen LogP contribution in [0.4, 0.5) is 5.13 Å². The second kappa shape index (κ2) is 7.12. The maximum absolute atomic E-state index is 12.6. The quantitative estimate of drug-likeness (QED) is 0.534. The second-order valence-corrected chi connectivity index (χ2v) is 8.72. The van der Waals surface area contributed by atoms with Crippen molar-refractivity contribution in [2.75, 3.05) is 25.0 Å². The number of nitrogens with one attached hydrogen (secondary N) is 2. The Hall–Kier alpha value is -2.56. The SMILES string of the molecule is CN(c1nc2sc(-n3ccc(-c4cn[nH]c4)cc3=O)nc2s1)C1CCNCC1. The molecule has 2 N–H and O–H groups in total. The van der Waals surface area contributed by atoms with E-state index in [-0.39, 0.29) is 5.56 Å². The molecule has 8 nitrogen and oxygen atoms in total. The smallest absolute Gasteiger partial charge is 0.257 e. The van der Waals surface area contributed by atoms with Gasteiger partial charge < -0.3 is 10.2 Å².